The molecule has 0 amide bonds. The Balaban J connectivity index is 3.25. The molecule has 0 saturated carbocycles. The van der Waals surface area contributed by atoms with Crippen LogP contribution in [0.1, 0.15) is 90.9 Å². The summed E-state index contributed by atoms with van der Waals surface area (Å²) in [5.41, 5.74) is 2.75. The molecule has 1 unspecified atom stereocenters. The minimum absolute atomic E-state index is 0.158. The molecule has 0 saturated heterocycles. The number of aromatic nitrogens is 2. The molecule has 2 nitrogen and oxygen atoms in total. The van der Waals surface area contributed by atoms with Crippen LogP contribution in [-0.2, 0) is 5.41 Å². The van der Waals surface area contributed by atoms with Gasteiger partial charge >= 0.3 is 0 Å². The number of rotatable bonds is 5. The third kappa shape index (κ3) is 2.96. The van der Waals surface area contributed by atoms with Gasteiger partial charge in [-0.05, 0) is 18.3 Å². The quantitative estimate of drug-likeness (QED) is 0.784. The first-order valence-corrected chi connectivity index (χ1v) is 7.31. The van der Waals surface area contributed by atoms with Crippen molar-refractivity contribution in [1.82, 2.24) is 9.97 Å². The summed E-state index contributed by atoms with van der Waals surface area (Å²) in [5.74, 6) is 2.77. The molecule has 104 valence electrons. The minimum atomic E-state index is 0.158. The molecule has 0 aromatic carbocycles. The molecule has 0 aliphatic rings. The Bertz CT molecular complexity index is 386. The van der Waals surface area contributed by atoms with Crippen molar-refractivity contribution in [2.45, 2.75) is 79.1 Å². The predicted octanol–water partition coefficient (Wildman–Crippen LogP) is 4.98. The molecule has 1 N–H and O–H groups in total. The highest BCUT2D eigenvalue weighted by Crippen LogP contribution is 2.34. The van der Waals surface area contributed by atoms with Crippen LogP contribution >= 0.6 is 0 Å². The van der Waals surface area contributed by atoms with Crippen LogP contribution in [0.25, 0.3) is 0 Å². The van der Waals surface area contributed by atoms with E-state index in [2.05, 4.69) is 60.4 Å². The minimum Gasteiger partial charge on any atom is -0.345 e. The van der Waals surface area contributed by atoms with Gasteiger partial charge in [0.1, 0.15) is 5.82 Å². The number of nitrogens with zero attached hydrogens (tertiary/aromatic N) is 1. The largest absolute Gasteiger partial charge is 0.345 e. The summed E-state index contributed by atoms with van der Waals surface area (Å²) in [6, 6.07) is 0. The van der Waals surface area contributed by atoms with Crippen LogP contribution in [0.3, 0.4) is 0 Å². The lowest BCUT2D eigenvalue weighted by atomic mass is 9.83. The normalized spacial score (nSPS) is 14.6. The van der Waals surface area contributed by atoms with Crippen molar-refractivity contribution in [3.63, 3.8) is 0 Å². The summed E-state index contributed by atoms with van der Waals surface area (Å²) in [5, 5.41) is 0. The van der Waals surface area contributed by atoms with Gasteiger partial charge < -0.3 is 4.98 Å². The van der Waals surface area contributed by atoms with Gasteiger partial charge in [0.05, 0.1) is 5.69 Å². The fourth-order valence-electron chi connectivity index (χ4n) is 2.04. The van der Waals surface area contributed by atoms with Crippen LogP contribution in [-0.4, -0.2) is 9.97 Å². The van der Waals surface area contributed by atoms with Crippen molar-refractivity contribution >= 4 is 0 Å². The average molecular weight is 250 g/mol. The summed E-state index contributed by atoms with van der Waals surface area (Å²) < 4.78 is 0. The second-order valence-electron chi connectivity index (χ2n) is 6.81. The average Bonchev–Trinajstić information content (AvgIpc) is 2.73. The van der Waals surface area contributed by atoms with Gasteiger partial charge in [0, 0.05) is 17.0 Å². The molecule has 1 atom stereocenters. The van der Waals surface area contributed by atoms with Crippen LogP contribution in [0.5, 0.6) is 0 Å². The van der Waals surface area contributed by atoms with Crippen LogP contribution in [0.2, 0.25) is 0 Å². The first-order valence-electron chi connectivity index (χ1n) is 7.31. The first-order chi connectivity index (χ1) is 8.20. The number of aromatic amines is 1. The number of hydrogen-bond donors (Lipinski definition) is 1. The van der Waals surface area contributed by atoms with Crippen LogP contribution in [0, 0.1) is 5.92 Å². The Morgan fingerprint density at radius 3 is 2.06 bits per heavy atom. The van der Waals surface area contributed by atoms with E-state index in [0.29, 0.717) is 17.8 Å². The molecular formula is C16H30N2. The summed E-state index contributed by atoms with van der Waals surface area (Å²) in [4.78, 5) is 8.53. The maximum absolute atomic E-state index is 4.94. The second kappa shape index (κ2) is 5.46. The zero-order valence-corrected chi connectivity index (χ0v) is 13.4. The van der Waals surface area contributed by atoms with Crippen molar-refractivity contribution in [3.8, 4) is 0 Å². The van der Waals surface area contributed by atoms with Gasteiger partial charge in [-0.25, -0.2) is 4.98 Å². The molecule has 0 aliphatic heterocycles. The predicted molar refractivity (Wildman–Crippen MR) is 79.2 cm³/mol. The molecule has 0 spiro atoms. The van der Waals surface area contributed by atoms with Gasteiger partial charge in [0.15, 0.2) is 0 Å². The first kappa shape index (κ1) is 15.3. The Labute approximate surface area is 113 Å². The monoisotopic (exact) mass is 250 g/mol. The van der Waals surface area contributed by atoms with E-state index in [1.54, 1.807) is 0 Å². The van der Waals surface area contributed by atoms with E-state index in [0.717, 1.165) is 12.2 Å². The van der Waals surface area contributed by atoms with Crippen molar-refractivity contribution in [2.24, 2.45) is 5.92 Å². The topological polar surface area (TPSA) is 28.7 Å². The van der Waals surface area contributed by atoms with E-state index in [1.807, 2.05) is 0 Å². The number of imidazole rings is 1. The lowest BCUT2D eigenvalue weighted by Gasteiger charge is -2.23. The van der Waals surface area contributed by atoms with E-state index in [9.17, 15) is 0 Å². The molecule has 18 heavy (non-hydrogen) atoms. The highest BCUT2D eigenvalue weighted by atomic mass is 15.0. The lowest BCUT2D eigenvalue weighted by Crippen LogP contribution is -2.19. The van der Waals surface area contributed by atoms with E-state index in [4.69, 9.17) is 4.98 Å². The maximum Gasteiger partial charge on any atom is 0.109 e. The van der Waals surface area contributed by atoms with Gasteiger partial charge in [-0.3, -0.25) is 0 Å². The lowest BCUT2D eigenvalue weighted by molar-refractivity contribution is 0.478. The smallest absolute Gasteiger partial charge is 0.109 e. The molecule has 0 bridgehead atoms. The molecule has 1 aromatic heterocycles. The van der Waals surface area contributed by atoms with Crippen molar-refractivity contribution in [1.29, 1.82) is 0 Å². The Hall–Kier alpha value is -0.790. The van der Waals surface area contributed by atoms with Gasteiger partial charge in [-0.2, -0.15) is 0 Å². The van der Waals surface area contributed by atoms with E-state index >= 15 is 0 Å². The van der Waals surface area contributed by atoms with Gasteiger partial charge in [-0.15, -0.1) is 0 Å². The van der Waals surface area contributed by atoms with E-state index in [1.165, 1.54) is 11.4 Å². The number of hydrogen-bond acceptors (Lipinski definition) is 1. The highest BCUT2D eigenvalue weighted by Gasteiger charge is 2.28. The summed E-state index contributed by atoms with van der Waals surface area (Å²) in [6.07, 6.45) is 1.12. The second-order valence-corrected chi connectivity index (χ2v) is 6.81. The number of nitrogens with one attached hydrogen (secondary N) is 1. The summed E-state index contributed by atoms with van der Waals surface area (Å²) in [7, 11) is 0. The molecule has 1 aromatic rings. The fraction of sp³-hybridized carbons (Fsp3) is 0.812. The van der Waals surface area contributed by atoms with Crippen molar-refractivity contribution in [3.05, 3.63) is 17.2 Å². The standard InChI is InChI=1S/C16H30N2/c1-9-16(7,8)14-13(11(4)5)17-15(18-14)12(6)10(2)3/h10-12H,9H2,1-8H3,(H,17,18). The number of H-pyrrole nitrogens is 1. The van der Waals surface area contributed by atoms with Crippen LogP contribution in [0.15, 0.2) is 0 Å². The van der Waals surface area contributed by atoms with Gasteiger partial charge in [0.25, 0.3) is 0 Å². The Morgan fingerprint density at radius 2 is 1.67 bits per heavy atom. The molecule has 0 fully saturated rings. The molecule has 1 rings (SSSR count). The summed E-state index contributed by atoms with van der Waals surface area (Å²) in [6.45, 7) is 18.1. The fourth-order valence-corrected chi connectivity index (χ4v) is 2.04. The van der Waals surface area contributed by atoms with Crippen LogP contribution in [0.4, 0.5) is 0 Å². The van der Waals surface area contributed by atoms with Gasteiger partial charge in [-0.1, -0.05) is 55.4 Å². The van der Waals surface area contributed by atoms with E-state index in [-0.39, 0.29) is 5.41 Å². The zero-order chi connectivity index (χ0) is 14.1. The molecular weight excluding hydrogens is 220 g/mol. The Kier molecular flexibility index (Phi) is 4.63. The highest BCUT2D eigenvalue weighted by molar-refractivity contribution is 5.26. The van der Waals surface area contributed by atoms with E-state index < -0.39 is 0 Å². The third-order valence-electron chi connectivity index (χ3n) is 4.28. The SMILES string of the molecule is CCC(C)(C)c1nc(C(C)C(C)C)[nH]c1C(C)C. The van der Waals surface area contributed by atoms with Crippen molar-refractivity contribution < 1.29 is 0 Å². The third-order valence-corrected chi connectivity index (χ3v) is 4.28. The zero-order valence-electron chi connectivity index (χ0n) is 13.4. The molecule has 2 heteroatoms. The summed E-state index contributed by atoms with van der Waals surface area (Å²) >= 11 is 0. The molecule has 1 heterocycles. The van der Waals surface area contributed by atoms with Gasteiger partial charge in [0.2, 0.25) is 0 Å². The van der Waals surface area contributed by atoms with Crippen molar-refractivity contribution in [2.75, 3.05) is 0 Å². The maximum atomic E-state index is 4.94. The molecule has 0 radical (unpaired) electrons. The molecule has 0 aliphatic carbocycles. The van der Waals surface area contributed by atoms with Crippen LogP contribution < -0.4 is 0 Å². The Morgan fingerprint density at radius 1 is 1.11 bits per heavy atom.